The summed E-state index contributed by atoms with van der Waals surface area (Å²) in [5.74, 6) is -0.0551. The van der Waals surface area contributed by atoms with E-state index in [2.05, 4.69) is 15.3 Å². The van der Waals surface area contributed by atoms with Crippen molar-refractivity contribution in [2.45, 2.75) is 25.1 Å². The van der Waals surface area contributed by atoms with E-state index < -0.39 is 11.9 Å². The van der Waals surface area contributed by atoms with E-state index >= 15 is 0 Å². The molecule has 1 saturated heterocycles. The lowest BCUT2D eigenvalue weighted by Crippen LogP contribution is -2.19. The maximum Gasteiger partial charge on any atom is 0.433 e. The first-order chi connectivity index (χ1) is 9.55. The monoisotopic (exact) mass is 291 g/mol. The van der Waals surface area contributed by atoms with Gasteiger partial charge in [-0.15, -0.1) is 0 Å². The lowest BCUT2D eigenvalue weighted by atomic mass is 10.2. The predicted octanol–water partition coefficient (Wildman–Crippen LogP) is 2.10. The second-order valence-electron chi connectivity index (χ2n) is 4.40. The summed E-state index contributed by atoms with van der Waals surface area (Å²) in [6, 6.07) is 0.832. The summed E-state index contributed by atoms with van der Waals surface area (Å²) < 4.78 is 48.0. The lowest BCUT2D eigenvalue weighted by Gasteiger charge is -2.11. The van der Waals surface area contributed by atoms with Crippen LogP contribution in [0, 0.1) is 0 Å². The molecule has 1 N–H and O–H groups in total. The van der Waals surface area contributed by atoms with Crippen molar-refractivity contribution in [2.24, 2.45) is 0 Å². The molecule has 0 radical (unpaired) electrons. The van der Waals surface area contributed by atoms with Crippen LogP contribution in [0.3, 0.4) is 0 Å². The minimum absolute atomic E-state index is 0.0551. The molecule has 0 aromatic carbocycles. The number of nitrogens with one attached hydrogen (secondary N) is 1. The summed E-state index contributed by atoms with van der Waals surface area (Å²) in [5, 5.41) is 2.69. The molecule has 20 heavy (non-hydrogen) atoms. The zero-order chi connectivity index (χ0) is 14.4. The normalized spacial score (nSPS) is 19.2. The molecule has 1 unspecified atom stereocenters. The third-order valence-corrected chi connectivity index (χ3v) is 2.80. The van der Waals surface area contributed by atoms with Crippen LogP contribution in [0.2, 0.25) is 0 Å². The maximum atomic E-state index is 12.4. The van der Waals surface area contributed by atoms with Gasteiger partial charge >= 0.3 is 6.18 Å². The van der Waals surface area contributed by atoms with Crippen molar-refractivity contribution in [1.82, 2.24) is 9.97 Å². The van der Waals surface area contributed by atoms with Gasteiger partial charge in [0.05, 0.1) is 19.3 Å². The lowest BCUT2D eigenvalue weighted by molar-refractivity contribution is -0.141. The number of rotatable bonds is 6. The predicted molar refractivity (Wildman–Crippen MR) is 65.3 cm³/mol. The van der Waals surface area contributed by atoms with E-state index in [-0.39, 0.29) is 12.1 Å². The van der Waals surface area contributed by atoms with Crippen LogP contribution in [0.15, 0.2) is 12.3 Å². The maximum absolute atomic E-state index is 12.4. The summed E-state index contributed by atoms with van der Waals surface area (Å²) in [6.07, 6.45) is -1.21. The van der Waals surface area contributed by atoms with Crippen molar-refractivity contribution in [2.75, 3.05) is 31.7 Å². The third kappa shape index (κ3) is 4.61. The summed E-state index contributed by atoms with van der Waals surface area (Å²) in [6.45, 7) is 1.98. The molecule has 5 nitrogen and oxygen atoms in total. The Balaban J connectivity index is 1.68. The fraction of sp³-hybridized carbons (Fsp3) is 0.667. The smallest absolute Gasteiger partial charge is 0.377 e. The Kier molecular flexibility index (Phi) is 5.13. The highest BCUT2D eigenvalue weighted by Crippen LogP contribution is 2.27. The summed E-state index contributed by atoms with van der Waals surface area (Å²) in [4.78, 5) is 7.12. The van der Waals surface area contributed by atoms with Crippen molar-refractivity contribution in [3.8, 4) is 0 Å². The molecule has 1 aliphatic heterocycles. The molecule has 1 atom stereocenters. The number of halogens is 3. The van der Waals surface area contributed by atoms with Gasteiger partial charge in [-0.1, -0.05) is 0 Å². The summed E-state index contributed by atoms with van der Waals surface area (Å²) in [5.41, 5.74) is -0.963. The zero-order valence-corrected chi connectivity index (χ0v) is 10.8. The Morgan fingerprint density at radius 3 is 3.00 bits per heavy atom. The molecule has 1 fully saturated rings. The second kappa shape index (κ2) is 6.85. The minimum Gasteiger partial charge on any atom is -0.377 e. The highest BCUT2D eigenvalue weighted by atomic mass is 19.4. The SMILES string of the molecule is FC(F)(F)c1ccnc(NCCOCC2CCCO2)n1. The topological polar surface area (TPSA) is 56.3 Å². The molecule has 0 spiro atoms. The van der Waals surface area contributed by atoms with Gasteiger partial charge in [0.2, 0.25) is 5.95 Å². The van der Waals surface area contributed by atoms with Crippen LogP contribution < -0.4 is 5.32 Å². The molecule has 0 amide bonds. The van der Waals surface area contributed by atoms with Gasteiger partial charge in [-0.05, 0) is 18.9 Å². The molecule has 112 valence electrons. The molecular weight excluding hydrogens is 275 g/mol. The average molecular weight is 291 g/mol. The van der Waals surface area contributed by atoms with Gasteiger partial charge in [-0.2, -0.15) is 13.2 Å². The molecule has 0 aliphatic carbocycles. The molecule has 0 saturated carbocycles. The number of nitrogens with zero attached hydrogens (tertiary/aromatic N) is 2. The number of anilines is 1. The van der Waals surface area contributed by atoms with Gasteiger partial charge in [0.1, 0.15) is 5.69 Å². The van der Waals surface area contributed by atoms with Crippen LogP contribution in [0.5, 0.6) is 0 Å². The van der Waals surface area contributed by atoms with Crippen LogP contribution in [0.1, 0.15) is 18.5 Å². The molecular formula is C12H16F3N3O2. The van der Waals surface area contributed by atoms with Gasteiger partial charge in [-0.25, -0.2) is 9.97 Å². The van der Waals surface area contributed by atoms with E-state index in [4.69, 9.17) is 9.47 Å². The molecule has 1 aromatic rings. The number of ether oxygens (including phenoxy) is 2. The minimum atomic E-state index is -4.46. The van der Waals surface area contributed by atoms with E-state index in [9.17, 15) is 13.2 Å². The van der Waals surface area contributed by atoms with E-state index in [1.165, 1.54) is 0 Å². The van der Waals surface area contributed by atoms with E-state index in [0.717, 1.165) is 31.7 Å². The standard InChI is InChI=1S/C12H16F3N3O2/c13-12(14,15)10-3-4-16-11(18-10)17-5-7-19-8-9-2-1-6-20-9/h3-4,9H,1-2,5-8H2,(H,16,17,18). The van der Waals surface area contributed by atoms with E-state index in [0.29, 0.717) is 19.8 Å². The van der Waals surface area contributed by atoms with Crippen molar-refractivity contribution in [3.63, 3.8) is 0 Å². The number of aromatic nitrogens is 2. The number of hydrogen-bond acceptors (Lipinski definition) is 5. The molecule has 2 rings (SSSR count). The van der Waals surface area contributed by atoms with Crippen molar-refractivity contribution in [1.29, 1.82) is 0 Å². The number of hydrogen-bond donors (Lipinski definition) is 1. The van der Waals surface area contributed by atoms with Gasteiger partial charge in [0.25, 0.3) is 0 Å². The van der Waals surface area contributed by atoms with Crippen molar-refractivity contribution < 1.29 is 22.6 Å². The highest BCUT2D eigenvalue weighted by molar-refractivity contribution is 5.25. The van der Waals surface area contributed by atoms with Crippen LogP contribution in [-0.4, -0.2) is 42.4 Å². The Morgan fingerprint density at radius 2 is 2.30 bits per heavy atom. The number of alkyl halides is 3. The molecule has 1 aliphatic rings. The Labute approximate surface area is 114 Å². The quantitative estimate of drug-likeness (QED) is 0.813. The van der Waals surface area contributed by atoms with Crippen LogP contribution in [0.4, 0.5) is 19.1 Å². The fourth-order valence-corrected chi connectivity index (χ4v) is 1.83. The third-order valence-electron chi connectivity index (χ3n) is 2.80. The highest BCUT2D eigenvalue weighted by Gasteiger charge is 2.32. The second-order valence-corrected chi connectivity index (χ2v) is 4.40. The van der Waals surface area contributed by atoms with Gasteiger partial charge < -0.3 is 14.8 Å². The van der Waals surface area contributed by atoms with Gasteiger partial charge in [0, 0.05) is 19.3 Å². The van der Waals surface area contributed by atoms with Crippen LogP contribution >= 0.6 is 0 Å². The van der Waals surface area contributed by atoms with Gasteiger partial charge in [0.15, 0.2) is 0 Å². The van der Waals surface area contributed by atoms with Gasteiger partial charge in [-0.3, -0.25) is 0 Å². The van der Waals surface area contributed by atoms with Crippen LogP contribution in [-0.2, 0) is 15.7 Å². The molecule has 8 heteroatoms. The first kappa shape index (κ1) is 15.0. The first-order valence-electron chi connectivity index (χ1n) is 6.39. The largest absolute Gasteiger partial charge is 0.433 e. The Bertz CT molecular complexity index is 423. The fourth-order valence-electron chi connectivity index (χ4n) is 1.83. The van der Waals surface area contributed by atoms with Crippen molar-refractivity contribution in [3.05, 3.63) is 18.0 Å². The molecule has 2 heterocycles. The average Bonchev–Trinajstić information content (AvgIpc) is 2.91. The van der Waals surface area contributed by atoms with E-state index in [1.807, 2.05) is 0 Å². The van der Waals surface area contributed by atoms with Crippen molar-refractivity contribution >= 4 is 5.95 Å². The molecule has 1 aromatic heterocycles. The summed E-state index contributed by atoms with van der Waals surface area (Å²) >= 11 is 0. The Morgan fingerprint density at radius 1 is 1.45 bits per heavy atom. The first-order valence-corrected chi connectivity index (χ1v) is 6.39. The Hall–Kier alpha value is -1.41. The van der Waals surface area contributed by atoms with Crippen LogP contribution in [0.25, 0.3) is 0 Å². The zero-order valence-electron chi connectivity index (χ0n) is 10.8. The van der Waals surface area contributed by atoms with E-state index in [1.54, 1.807) is 0 Å². The summed E-state index contributed by atoms with van der Waals surface area (Å²) in [7, 11) is 0. The molecule has 0 bridgehead atoms.